The van der Waals surface area contributed by atoms with Crippen molar-refractivity contribution in [1.82, 2.24) is 9.78 Å². The van der Waals surface area contributed by atoms with Gasteiger partial charge in [-0.05, 0) is 86.0 Å². The summed E-state index contributed by atoms with van der Waals surface area (Å²) >= 11 is 0. The number of hydrogen-bond acceptors (Lipinski definition) is 7. The highest BCUT2D eigenvalue weighted by atomic mass is 16.3. The topological polar surface area (TPSA) is 98.3 Å². The van der Waals surface area contributed by atoms with Crippen molar-refractivity contribution >= 4 is 34.6 Å². The lowest BCUT2D eigenvalue weighted by atomic mass is 9.93. The largest absolute Gasteiger partial charge is 0.504 e. The summed E-state index contributed by atoms with van der Waals surface area (Å²) in [5.74, 6) is 1.56. The Hall–Kier alpha value is -5.37. The van der Waals surface area contributed by atoms with Gasteiger partial charge in [-0.3, -0.25) is 0 Å². The number of anilines is 2. The van der Waals surface area contributed by atoms with Crippen molar-refractivity contribution in [3.05, 3.63) is 119 Å². The molecule has 0 bridgehead atoms. The van der Waals surface area contributed by atoms with E-state index >= 15 is 0 Å². The second-order valence-corrected chi connectivity index (χ2v) is 10.5. The number of fused-ring (bicyclic) bond motifs is 4. The fourth-order valence-electron chi connectivity index (χ4n) is 5.76. The number of aromatic nitrogens is 2. The van der Waals surface area contributed by atoms with Crippen LogP contribution in [-0.2, 0) is 0 Å². The molecule has 0 amide bonds. The second-order valence-electron chi connectivity index (χ2n) is 10.5. The van der Waals surface area contributed by atoms with Crippen LogP contribution in [0.5, 0.6) is 11.5 Å². The number of para-hydroxylation sites is 3. The van der Waals surface area contributed by atoms with Gasteiger partial charge >= 0.3 is 0 Å². The Morgan fingerprint density at radius 2 is 1.49 bits per heavy atom. The molecule has 2 aliphatic heterocycles. The Kier molecular flexibility index (Phi) is 5.64. The molecule has 2 aliphatic rings. The van der Waals surface area contributed by atoms with Crippen LogP contribution in [0.15, 0.2) is 101 Å². The van der Waals surface area contributed by atoms with Crippen LogP contribution in [0.4, 0.5) is 22.9 Å². The number of rotatable bonds is 3. The van der Waals surface area contributed by atoms with Gasteiger partial charge in [0, 0.05) is 11.3 Å². The van der Waals surface area contributed by atoms with Crippen LogP contribution in [0.25, 0.3) is 5.69 Å². The van der Waals surface area contributed by atoms with E-state index in [2.05, 4.69) is 42.3 Å². The first-order chi connectivity index (χ1) is 19.9. The Labute approximate surface area is 237 Å². The third-order valence-electron chi connectivity index (χ3n) is 7.44. The summed E-state index contributed by atoms with van der Waals surface area (Å²) in [4.78, 5) is 12.4. The van der Waals surface area contributed by atoms with E-state index in [4.69, 9.17) is 15.1 Å². The van der Waals surface area contributed by atoms with Crippen molar-refractivity contribution < 1.29 is 10.2 Å². The van der Waals surface area contributed by atoms with E-state index in [0.717, 1.165) is 50.7 Å². The molecular weight excluding hydrogens is 512 g/mol. The maximum Gasteiger partial charge on any atom is 0.179 e. The SMILES string of the molecule is Cc1cc(C)cc(NC2=Nc3ccccc3N3C2=Nc2c(c(C)nn2-c2ccccc2)[C@@H]3c2ccc(O)c(O)c2)c1. The predicted octanol–water partition coefficient (Wildman–Crippen LogP) is 7.00. The Morgan fingerprint density at radius 1 is 0.756 bits per heavy atom. The average molecular weight is 541 g/mol. The molecule has 0 spiro atoms. The summed E-state index contributed by atoms with van der Waals surface area (Å²) in [5.41, 5.74) is 8.27. The monoisotopic (exact) mass is 540 g/mol. The zero-order valence-corrected chi connectivity index (χ0v) is 22.9. The summed E-state index contributed by atoms with van der Waals surface area (Å²) in [7, 11) is 0. The van der Waals surface area contributed by atoms with Crippen molar-refractivity contribution in [2.24, 2.45) is 9.98 Å². The van der Waals surface area contributed by atoms with E-state index in [1.54, 1.807) is 6.07 Å². The van der Waals surface area contributed by atoms with Crippen molar-refractivity contribution in [1.29, 1.82) is 0 Å². The second kappa shape index (κ2) is 9.38. The van der Waals surface area contributed by atoms with Gasteiger partial charge in [-0.1, -0.05) is 42.5 Å². The number of aryl methyl sites for hydroxylation is 3. The molecule has 4 aromatic carbocycles. The van der Waals surface area contributed by atoms with Crippen molar-refractivity contribution in [3.8, 4) is 17.2 Å². The minimum Gasteiger partial charge on any atom is -0.504 e. The van der Waals surface area contributed by atoms with Gasteiger partial charge in [-0.25, -0.2) is 14.7 Å². The minimum absolute atomic E-state index is 0.173. The molecule has 5 aromatic rings. The van der Waals surface area contributed by atoms with Crippen LogP contribution >= 0.6 is 0 Å². The van der Waals surface area contributed by atoms with Crippen molar-refractivity contribution in [2.75, 3.05) is 10.2 Å². The summed E-state index contributed by atoms with van der Waals surface area (Å²) < 4.78 is 1.86. The summed E-state index contributed by atoms with van der Waals surface area (Å²) in [5, 5.41) is 29.2. The lowest BCUT2D eigenvalue weighted by molar-refractivity contribution is 0.403. The van der Waals surface area contributed by atoms with E-state index in [1.165, 1.54) is 6.07 Å². The fraction of sp³-hybridized carbons (Fsp3) is 0.121. The van der Waals surface area contributed by atoms with Gasteiger partial charge in [0.15, 0.2) is 29.0 Å². The number of hydrogen-bond donors (Lipinski definition) is 3. The third-order valence-corrected chi connectivity index (χ3v) is 7.44. The molecule has 7 rings (SSSR count). The standard InChI is InChI=1S/C33H28N6O2/c1-19-15-20(2)17-23(16-19)34-31-33-36-32-29(21(3)37-39(32)24-9-5-4-6-10-24)30(22-13-14-27(40)28(41)18-22)38(33)26-12-8-7-11-25(26)35-31/h4-18,30,40-41H,1-3H3,(H,34,35)/t30-/m0/s1. The first kappa shape index (κ1) is 24.7. The van der Waals surface area contributed by atoms with Gasteiger partial charge < -0.3 is 20.4 Å². The van der Waals surface area contributed by atoms with Gasteiger partial charge in [0.25, 0.3) is 0 Å². The molecule has 202 valence electrons. The maximum atomic E-state index is 10.6. The zero-order chi connectivity index (χ0) is 28.2. The first-order valence-electron chi connectivity index (χ1n) is 13.5. The normalized spacial score (nSPS) is 15.4. The number of phenolic OH excluding ortho intramolecular Hbond substituents is 2. The zero-order valence-electron chi connectivity index (χ0n) is 22.9. The molecule has 0 saturated carbocycles. The van der Waals surface area contributed by atoms with E-state index in [-0.39, 0.29) is 11.5 Å². The van der Waals surface area contributed by atoms with E-state index in [0.29, 0.717) is 17.5 Å². The lowest BCUT2D eigenvalue weighted by Gasteiger charge is -2.40. The summed E-state index contributed by atoms with van der Waals surface area (Å²) in [6, 6.07) is 28.7. The summed E-state index contributed by atoms with van der Waals surface area (Å²) in [6.07, 6.45) is 0. The molecular formula is C33H28N6O2. The quantitative estimate of drug-likeness (QED) is 0.214. The highest BCUT2D eigenvalue weighted by Gasteiger charge is 2.41. The highest BCUT2D eigenvalue weighted by molar-refractivity contribution is 6.51. The minimum atomic E-state index is -0.408. The molecule has 0 unspecified atom stereocenters. The van der Waals surface area contributed by atoms with Crippen LogP contribution in [0.2, 0.25) is 0 Å². The smallest absolute Gasteiger partial charge is 0.179 e. The molecule has 8 heteroatoms. The average Bonchev–Trinajstić information content (AvgIpc) is 3.29. The van der Waals surface area contributed by atoms with E-state index in [1.807, 2.05) is 72.3 Å². The Morgan fingerprint density at radius 3 is 2.24 bits per heavy atom. The van der Waals surface area contributed by atoms with Crippen molar-refractivity contribution in [2.45, 2.75) is 26.8 Å². The van der Waals surface area contributed by atoms with Gasteiger partial charge in [0.1, 0.15) is 0 Å². The number of aromatic hydroxyl groups is 2. The number of nitrogens with one attached hydrogen (secondary N) is 1. The number of aliphatic imine (C=N–C) groups is 2. The van der Waals surface area contributed by atoms with E-state index in [9.17, 15) is 10.2 Å². The van der Waals surface area contributed by atoms with Crippen LogP contribution in [0.1, 0.15) is 34.0 Å². The number of nitrogens with zero attached hydrogens (tertiary/aromatic N) is 5. The number of amidine groups is 2. The molecule has 3 N–H and O–H groups in total. The van der Waals surface area contributed by atoms with Crippen LogP contribution in [0.3, 0.4) is 0 Å². The number of benzene rings is 4. The molecule has 0 aliphatic carbocycles. The van der Waals surface area contributed by atoms with Crippen LogP contribution < -0.4 is 10.2 Å². The first-order valence-corrected chi connectivity index (χ1v) is 13.5. The van der Waals surface area contributed by atoms with Crippen molar-refractivity contribution in [3.63, 3.8) is 0 Å². The molecule has 1 aromatic heterocycles. The van der Waals surface area contributed by atoms with Crippen LogP contribution in [-0.4, -0.2) is 31.7 Å². The molecule has 0 saturated heterocycles. The van der Waals surface area contributed by atoms with Gasteiger partial charge in [-0.2, -0.15) is 5.10 Å². The third kappa shape index (κ3) is 4.12. The lowest BCUT2D eigenvalue weighted by Crippen LogP contribution is -2.46. The Balaban J connectivity index is 1.50. The molecule has 41 heavy (non-hydrogen) atoms. The molecule has 3 heterocycles. The molecule has 0 radical (unpaired) electrons. The molecule has 8 nitrogen and oxygen atoms in total. The molecule has 1 atom stereocenters. The van der Waals surface area contributed by atoms with Gasteiger partial charge in [-0.15, -0.1) is 0 Å². The number of phenols is 2. The van der Waals surface area contributed by atoms with Crippen LogP contribution in [0, 0.1) is 20.8 Å². The van der Waals surface area contributed by atoms with E-state index < -0.39 is 6.04 Å². The van der Waals surface area contributed by atoms with Gasteiger partial charge in [0.2, 0.25) is 0 Å². The summed E-state index contributed by atoms with van der Waals surface area (Å²) in [6.45, 7) is 6.12. The Bertz CT molecular complexity index is 1870. The predicted molar refractivity (Wildman–Crippen MR) is 163 cm³/mol. The van der Waals surface area contributed by atoms with Gasteiger partial charge in [0.05, 0.1) is 28.8 Å². The highest BCUT2D eigenvalue weighted by Crippen LogP contribution is 2.49. The maximum absolute atomic E-state index is 10.6. The fourth-order valence-corrected chi connectivity index (χ4v) is 5.76. The molecule has 0 fully saturated rings.